The van der Waals surface area contributed by atoms with Crippen LogP contribution in [0.15, 0.2) is 42.7 Å². The van der Waals surface area contributed by atoms with E-state index in [2.05, 4.69) is 45.0 Å². The number of aromatic amines is 1. The van der Waals surface area contributed by atoms with E-state index in [0.717, 1.165) is 61.2 Å². The van der Waals surface area contributed by atoms with Gasteiger partial charge >= 0.3 is 0 Å². The molecule has 0 radical (unpaired) electrons. The minimum absolute atomic E-state index is 0.362. The Hall–Kier alpha value is -2.93. The van der Waals surface area contributed by atoms with Gasteiger partial charge in [-0.25, -0.2) is 9.97 Å². The highest BCUT2D eigenvalue weighted by molar-refractivity contribution is 5.31. The maximum atomic E-state index is 5.83. The standard InChI is InChI=1S/C24H31N5O2/c1-17(2)24-25-13-18(14-26-24)15-29-10-8-19(16-29)23-12-20(27-28-23)9-11-31-22-6-4-21(30-3)5-7-22/h4-7,12-14,17,19H,8-11,15-16H2,1-3H3,(H,27,28). The fourth-order valence-corrected chi connectivity index (χ4v) is 3.89. The molecule has 0 bridgehead atoms. The van der Waals surface area contributed by atoms with Crippen LogP contribution in [0.5, 0.6) is 11.5 Å². The second kappa shape index (κ2) is 9.92. The predicted octanol–water partition coefficient (Wildman–Crippen LogP) is 3.94. The number of benzene rings is 1. The zero-order valence-electron chi connectivity index (χ0n) is 18.5. The van der Waals surface area contributed by atoms with Crippen LogP contribution < -0.4 is 9.47 Å². The van der Waals surface area contributed by atoms with E-state index in [9.17, 15) is 0 Å². The lowest BCUT2D eigenvalue weighted by Crippen LogP contribution is -2.20. The van der Waals surface area contributed by atoms with Gasteiger partial charge in [0.15, 0.2) is 0 Å². The lowest BCUT2D eigenvalue weighted by atomic mass is 10.0. The van der Waals surface area contributed by atoms with Crippen molar-refractivity contribution in [2.45, 2.75) is 45.1 Å². The van der Waals surface area contributed by atoms with E-state index in [-0.39, 0.29) is 0 Å². The predicted molar refractivity (Wildman–Crippen MR) is 120 cm³/mol. The summed E-state index contributed by atoms with van der Waals surface area (Å²) in [5, 5.41) is 7.75. The number of methoxy groups -OCH3 is 1. The zero-order valence-corrected chi connectivity index (χ0v) is 18.5. The van der Waals surface area contributed by atoms with Crippen molar-refractivity contribution in [2.24, 2.45) is 0 Å². The summed E-state index contributed by atoms with van der Waals surface area (Å²) in [5.74, 6) is 3.40. The summed E-state index contributed by atoms with van der Waals surface area (Å²) < 4.78 is 11.0. The van der Waals surface area contributed by atoms with Gasteiger partial charge in [0.2, 0.25) is 0 Å². The lowest BCUT2D eigenvalue weighted by Gasteiger charge is -2.15. The third-order valence-electron chi connectivity index (χ3n) is 5.69. The van der Waals surface area contributed by atoms with E-state index in [0.29, 0.717) is 18.4 Å². The molecule has 7 heteroatoms. The number of rotatable bonds is 9. The molecule has 0 spiro atoms. The minimum Gasteiger partial charge on any atom is -0.497 e. The molecule has 1 saturated heterocycles. The number of ether oxygens (including phenoxy) is 2. The molecule has 1 aliphatic heterocycles. The van der Waals surface area contributed by atoms with Crippen molar-refractivity contribution in [2.75, 3.05) is 26.8 Å². The first-order valence-corrected chi connectivity index (χ1v) is 10.9. The first-order chi connectivity index (χ1) is 15.1. The fraction of sp³-hybridized carbons (Fsp3) is 0.458. The summed E-state index contributed by atoms with van der Waals surface area (Å²) in [6, 6.07) is 9.84. The third-order valence-corrected chi connectivity index (χ3v) is 5.69. The molecule has 3 aromatic rings. The van der Waals surface area contributed by atoms with Crippen LogP contribution in [0.2, 0.25) is 0 Å². The Labute approximate surface area is 183 Å². The number of likely N-dealkylation sites (tertiary alicyclic amines) is 1. The Morgan fingerprint density at radius 1 is 1.13 bits per heavy atom. The monoisotopic (exact) mass is 421 g/mol. The fourth-order valence-electron chi connectivity index (χ4n) is 3.89. The molecule has 4 rings (SSSR count). The van der Waals surface area contributed by atoms with Gasteiger partial charge in [0.1, 0.15) is 17.3 Å². The van der Waals surface area contributed by atoms with Gasteiger partial charge in [0, 0.05) is 55.0 Å². The molecule has 31 heavy (non-hydrogen) atoms. The Morgan fingerprint density at radius 3 is 2.58 bits per heavy atom. The number of H-pyrrole nitrogens is 1. The quantitative estimate of drug-likeness (QED) is 0.564. The molecule has 1 unspecified atom stereocenters. The first-order valence-electron chi connectivity index (χ1n) is 10.9. The van der Waals surface area contributed by atoms with E-state index < -0.39 is 0 Å². The molecule has 1 aromatic carbocycles. The molecule has 1 N–H and O–H groups in total. The number of aromatic nitrogens is 4. The third kappa shape index (κ3) is 5.61. The summed E-state index contributed by atoms with van der Waals surface area (Å²) >= 11 is 0. The van der Waals surface area contributed by atoms with Gasteiger partial charge in [0.05, 0.1) is 19.4 Å². The average Bonchev–Trinajstić information content (AvgIpc) is 3.44. The molecule has 0 amide bonds. The normalized spacial score (nSPS) is 16.7. The maximum absolute atomic E-state index is 5.83. The van der Waals surface area contributed by atoms with Crippen LogP contribution in [0, 0.1) is 0 Å². The Balaban J connectivity index is 1.24. The Bertz CT molecular complexity index is 953. The highest BCUT2D eigenvalue weighted by atomic mass is 16.5. The van der Waals surface area contributed by atoms with E-state index in [4.69, 9.17) is 9.47 Å². The molecule has 1 fully saturated rings. The van der Waals surface area contributed by atoms with Gasteiger partial charge in [-0.15, -0.1) is 0 Å². The van der Waals surface area contributed by atoms with Gasteiger partial charge in [-0.1, -0.05) is 13.8 Å². The van der Waals surface area contributed by atoms with Crippen LogP contribution in [-0.2, 0) is 13.0 Å². The number of hydrogen-bond acceptors (Lipinski definition) is 6. The molecular formula is C24H31N5O2. The molecular weight excluding hydrogens is 390 g/mol. The van der Waals surface area contributed by atoms with Gasteiger partial charge < -0.3 is 9.47 Å². The van der Waals surface area contributed by atoms with Crippen LogP contribution >= 0.6 is 0 Å². The maximum Gasteiger partial charge on any atom is 0.130 e. The summed E-state index contributed by atoms with van der Waals surface area (Å²) in [7, 11) is 1.66. The summed E-state index contributed by atoms with van der Waals surface area (Å²) in [5.41, 5.74) is 3.43. The number of nitrogens with zero attached hydrogens (tertiary/aromatic N) is 4. The highest BCUT2D eigenvalue weighted by Gasteiger charge is 2.26. The van der Waals surface area contributed by atoms with E-state index >= 15 is 0 Å². The summed E-state index contributed by atoms with van der Waals surface area (Å²) in [6.45, 7) is 7.81. The Morgan fingerprint density at radius 2 is 1.87 bits per heavy atom. The van der Waals surface area contributed by atoms with Crippen LogP contribution in [0.4, 0.5) is 0 Å². The molecule has 3 heterocycles. The van der Waals surface area contributed by atoms with Crippen molar-refractivity contribution in [3.8, 4) is 11.5 Å². The van der Waals surface area contributed by atoms with Crippen molar-refractivity contribution in [1.82, 2.24) is 25.1 Å². The van der Waals surface area contributed by atoms with Crippen molar-refractivity contribution in [3.05, 3.63) is 65.5 Å². The molecule has 2 aromatic heterocycles. The molecule has 7 nitrogen and oxygen atoms in total. The van der Waals surface area contributed by atoms with Crippen LogP contribution in [0.25, 0.3) is 0 Å². The lowest BCUT2D eigenvalue weighted by molar-refractivity contribution is 0.319. The first kappa shape index (κ1) is 21.3. The molecule has 1 aliphatic rings. The molecule has 0 saturated carbocycles. The van der Waals surface area contributed by atoms with Gasteiger partial charge in [-0.05, 0) is 43.3 Å². The van der Waals surface area contributed by atoms with Crippen molar-refractivity contribution < 1.29 is 9.47 Å². The zero-order chi connectivity index (χ0) is 21.6. The molecule has 0 aliphatic carbocycles. The van der Waals surface area contributed by atoms with Crippen molar-refractivity contribution >= 4 is 0 Å². The summed E-state index contributed by atoms with van der Waals surface area (Å²) in [6.07, 6.45) is 5.85. The van der Waals surface area contributed by atoms with Crippen molar-refractivity contribution in [1.29, 1.82) is 0 Å². The highest BCUT2D eigenvalue weighted by Crippen LogP contribution is 2.27. The van der Waals surface area contributed by atoms with Gasteiger partial charge in [0.25, 0.3) is 0 Å². The number of nitrogens with one attached hydrogen (secondary N) is 1. The van der Waals surface area contributed by atoms with Gasteiger partial charge in [-0.2, -0.15) is 5.10 Å². The Kier molecular flexibility index (Phi) is 6.82. The van der Waals surface area contributed by atoms with Gasteiger partial charge in [-0.3, -0.25) is 10.00 Å². The second-order valence-electron chi connectivity index (χ2n) is 8.42. The SMILES string of the molecule is COc1ccc(OCCc2cc(C3CCN(Cc4cnc(C(C)C)nc4)C3)n[nH]2)cc1. The van der Waals surface area contributed by atoms with E-state index in [1.165, 1.54) is 5.56 Å². The average molecular weight is 422 g/mol. The second-order valence-corrected chi connectivity index (χ2v) is 8.42. The van der Waals surface area contributed by atoms with Crippen LogP contribution in [0.1, 0.15) is 54.9 Å². The van der Waals surface area contributed by atoms with Crippen LogP contribution in [-0.4, -0.2) is 51.9 Å². The van der Waals surface area contributed by atoms with Crippen LogP contribution in [0.3, 0.4) is 0 Å². The van der Waals surface area contributed by atoms with Crippen molar-refractivity contribution in [3.63, 3.8) is 0 Å². The smallest absolute Gasteiger partial charge is 0.130 e. The minimum atomic E-state index is 0.362. The largest absolute Gasteiger partial charge is 0.497 e. The van der Waals surface area contributed by atoms with E-state index in [1.54, 1.807) is 7.11 Å². The van der Waals surface area contributed by atoms with E-state index in [1.807, 2.05) is 36.7 Å². The topological polar surface area (TPSA) is 76.2 Å². The summed E-state index contributed by atoms with van der Waals surface area (Å²) in [4.78, 5) is 11.4. The molecule has 164 valence electrons. The number of hydrogen-bond donors (Lipinski definition) is 1. The molecule has 1 atom stereocenters.